The fraction of sp³-hybridized carbons (Fsp3) is 0. The van der Waals surface area contributed by atoms with Gasteiger partial charge in [-0.1, -0.05) is 26.3 Å². The average molecular weight is 498 g/mol. The molecular weight excluding hydrogens is 478 g/mol. The summed E-state index contributed by atoms with van der Waals surface area (Å²) in [5.41, 5.74) is 0. The standard InChI is InChI=1S/4C3H4O2.2Rh/c4*1-2-3(4)5;;/h4*2H,1H2,(H,4,5);;/p+4. The summed E-state index contributed by atoms with van der Waals surface area (Å²) in [7, 11) is 0. The summed E-state index contributed by atoms with van der Waals surface area (Å²) in [4.78, 5) is 30.9. The molecule has 0 fully saturated rings. The third-order valence-electron chi connectivity index (χ3n) is 0.730. The first kappa shape index (κ1) is 36.9. The zero-order valence-corrected chi connectivity index (χ0v) is 14.7. The number of hydrogen-bond acceptors (Lipinski definition) is 0. The summed E-state index contributed by atoms with van der Waals surface area (Å²) < 4.78 is 0. The van der Waals surface area contributed by atoms with Crippen LogP contribution >= 0.6 is 0 Å². The fourth-order valence-electron chi connectivity index (χ4n) is 0. The van der Waals surface area contributed by atoms with Gasteiger partial charge in [0.25, 0.3) is 0 Å². The van der Waals surface area contributed by atoms with Gasteiger partial charge in [-0.05, 0) is 0 Å². The van der Waals surface area contributed by atoms with Crippen LogP contribution in [0.2, 0.25) is 0 Å². The van der Waals surface area contributed by atoms with Gasteiger partial charge in [0.2, 0.25) is 0 Å². The molecule has 0 rings (SSSR count). The second-order valence-electron chi connectivity index (χ2n) is 2.25. The van der Waals surface area contributed by atoms with E-state index < -0.39 is 23.9 Å². The maximum Gasteiger partial charge on any atom is 0.507 e. The topological polar surface area (TPSA) is 167 Å². The predicted octanol–water partition coefficient (Wildman–Crippen LogP) is 0.926. The summed E-state index contributed by atoms with van der Waals surface area (Å²) in [5, 5.41) is 30.9. The number of rotatable bonds is 4. The van der Waals surface area contributed by atoms with Gasteiger partial charge in [0, 0.05) is 39.0 Å². The quantitative estimate of drug-likeness (QED) is 0.257. The molecule has 130 valence electrons. The summed E-state index contributed by atoms with van der Waals surface area (Å²) in [6.07, 6.45) is 3.78. The predicted molar refractivity (Wildman–Crippen MR) is 79.1 cm³/mol. The molecule has 0 aromatic heterocycles. The Balaban J connectivity index is -0.0000000376. The van der Waals surface area contributed by atoms with Crippen molar-refractivity contribution in [2.75, 3.05) is 0 Å². The first-order chi connectivity index (χ1) is 9.08. The van der Waals surface area contributed by atoms with E-state index in [-0.39, 0.29) is 39.0 Å². The zero-order chi connectivity index (χ0) is 17.1. The summed E-state index contributed by atoms with van der Waals surface area (Å²) in [5.74, 6) is -2.93. The van der Waals surface area contributed by atoms with Crippen molar-refractivity contribution in [1.29, 1.82) is 0 Å². The Hall–Kier alpha value is -1.91. The third-order valence-corrected chi connectivity index (χ3v) is 0.730. The van der Waals surface area contributed by atoms with Crippen LogP contribution in [0.1, 0.15) is 0 Å². The van der Waals surface area contributed by atoms with Crippen LogP contribution in [-0.4, -0.2) is 63.5 Å². The fourth-order valence-corrected chi connectivity index (χ4v) is 0. The van der Waals surface area contributed by atoms with Gasteiger partial charge in [-0.3, -0.25) is 0 Å². The number of carboxylic acid groups (broad SMARTS) is 4. The van der Waals surface area contributed by atoms with Crippen molar-refractivity contribution in [3.8, 4) is 0 Å². The summed E-state index contributed by atoms with van der Waals surface area (Å²) >= 11 is 0. The molecule has 10 heteroatoms. The van der Waals surface area contributed by atoms with E-state index in [1.165, 1.54) is 0 Å². The molecule has 0 amide bonds. The van der Waals surface area contributed by atoms with Gasteiger partial charge in [-0.2, -0.15) is 0 Å². The van der Waals surface area contributed by atoms with Crippen LogP contribution in [0, 0.1) is 0 Å². The van der Waals surface area contributed by atoms with Gasteiger partial charge in [0.1, 0.15) is 0 Å². The molecule has 0 saturated carbocycles. The number of carboxylic acids is 4. The molecule has 0 aliphatic heterocycles. The molecule has 0 saturated heterocycles. The molecule has 0 heterocycles. The zero-order valence-electron chi connectivity index (χ0n) is 11.4. The Morgan fingerprint density at radius 3 is 0.545 bits per heavy atom. The van der Waals surface area contributed by atoms with Crippen LogP contribution in [0.5, 0.6) is 0 Å². The van der Waals surface area contributed by atoms with E-state index in [1.54, 1.807) is 0 Å². The SMILES string of the molecule is C=CC(O)=[OH+].C=CC(O)=[OH+].C=CC(O)=[OH+].C=CC(O)=[OH+].[Rh].[Rh]. The molecule has 0 aliphatic rings. The molecule has 22 heavy (non-hydrogen) atoms. The van der Waals surface area contributed by atoms with E-state index in [1.807, 2.05) is 0 Å². The Labute approximate surface area is 153 Å². The monoisotopic (exact) mass is 498 g/mol. The average Bonchev–Trinajstić information content (AvgIpc) is 2.40. The van der Waals surface area contributed by atoms with E-state index in [0.29, 0.717) is 0 Å². The van der Waals surface area contributed by atoms with Crippen LogP contribution in [-0.2, 0) is 39.0 Å². The Morgan fingerprint density at radius 2 is 0.545 bits per heavy atom. The van der Waals surface area contributed by atoms with Crippen molar-refractivity contribution in [1.82, 2.24) is 0 Å². The second kappa shape index (κ2) is 31.5. The van der Waals surface area contributed by atoms with Gasteiger partial charge >= 0.3 is 23.9 Å². The first-order valence-electron chi connectivity index (χ1n) is 4.58. The number of aliphatic carboxylic acids is 4. The number of hydrogen-bond donors (Lipinski definition) is 4. The van der Waals surface area contributed by atoms with E-state index in [0.717, 1.165) is 24.3 Å². The molecule has 0 aromatic rings. The molecule has 8 N–H and O–H groups in total. The second-order valence-corrected chi connectivity index (χ2v) is 2.25. The van der Waals surface area contributed by atoms with Crippen LogP contribution in [0.4, 0.5) is 0 Å². The molecular formula is C12H20O8Rh2+4. The minimum absolute atomic E-state index is 0. The molecule has 0 unspecified atom stereocenters. The normalized spacial score (nSPS) is 5.82. The van der Waals surface area contributed by atoms with Gasteiger partial charge in [-0.25, -0.2) is 0 Å². The summed E-state index contributed by atoms with van der Waals surface area (Å²) in [6, 6.07) is 0. The van der Waals surface area contributed by atoms with E-state index in [2.05, 4.69) is 26.3 Å². The van der Waals surface area contributed by atoms with Gasteiger partial charge in [-0.15, -0.1) is 0 Å². The van der Waals surface area contributed by atoms with Crippen molar-refractivity contribution in [3.63, 3.8) is 0 Å². The maximum absolute atomic E-state index is 7.72. The Bertz CT molecular complexity index is 305. The van der Waals surface area contributed by atoms with Crippen molar-refractivity contribution in [3.05, 3.63) is 50.6 Å². The molecule has 0 aromatic carbocycles. The minimum atomic E-state index is -0.731. The van der Waals surface area contributed by atoms with E-state index in [9.17, 15) is 0 Å². The van der Waals surface area contributed by atoms with Gasteiger partial charge in [0.15, 0.2) is 0 Å². The van der Waals surface area contributed by atoms with Crippen molar-refractivity contribution < 1.29 is 78.6 Å². The van der Waals surface area contributed by atoms with E-state index >= 15 is 0 Å². The summed E-state index contributed by atoms with van der Waals surface area (Å²) in [6.45, 7) is 12.1. The molecule has 0 aliphatic carbocycles. The molecule has 2 radical (unpaired) electrons. The molecule has 0 bridgehead atoms. The Kier molecular flexibility index (Phi) is 52.7. The number of aliphatic hydroxyl groups excluding tert-OH is 4. The van der Waals surface area contributed by atoms with Crippen LogP contribution < -0.4 is 0 Å². The Morgan fingerprint density at radius 1 is 0.500 bits per heavy atom. The third kappa shape index (κ3) is 143. The van der Waals surface area contributed by atoms with Gasteiger partial charge in [0.05, 0.1) is 24.3 Å². The largest absolute Gasteiger partial charge is 0.507 e. The van der Waals surface area contributed by atoms with Gasteiger partial charge < -0.3 is 39.6 Å². The van der Waals surface area contributed by atoms with Crippen molar-refractivity contribution in [2.45, 2.75) is 0 Å². The smallest absolute Gasteiger partial charge is 0.336 e. The first-order valence-corrected chi connectivity index (χ1v) is 4.58. The van der Waals surface area contributed by atoms with Crippen LogP contribution in [0.3, 0.4) is 0 Å². The minimum Gasteiger partial charge on any atom is -0.336 e. The van der Waals surface area contributed by atoms with Crippen molar-refractivity contribution >= 4 is 23.9 Å². The molecule has 0 atom stereocenters. The van der Waals surface area contributed by atoms with E-state index in [4.69, 9.17) is 39.6 Å². The van der Waals surface area contributed by atoms with Crippen LogP contribution in [0.15, 0.2) is 50.6 Å². The molecule has 0 spiro atoms. The van der Waals surface area contributed by atoms with Crippen LogP contribution in [0.25, 0.3) is 0 Å². The van der Waals surface area contributed by atoms with Crippen molar-refractivity contribution in [2.24, 2.45) is 0 Å². The maximum atomic E-state index is 7.72. The molecule has 8 nitrogen and oxygen atoms in total.